The molecule has 0 bridgehead atoms. The molecule has 0 saturated heterocycles. The van der Waals surface area contributed by atoms with Crippen LogP contribution in [0.1, 0.15) is 25.8 Å². The smallest absolute Gasteiger partial charge is 0.264 e. The number of hydrogen-bond acceptors (Lipinski definition) is 5. The van der Waals surface area contributed by atoms with Crippen molar-refractivity contribution in [2.24, 2.45) is 0 Å². The Labute approximate surface area is 239 Å². The maximum atomic E-state index is 14.0. The number of sulfonamides is 1. The number of anilines is 1. The molecule has 208 valence electrons. The van der Waals surface area contributed by atoms with E-state index < -0.39 is 28.5 Å². The fourth-order valence-corrected chi connectivity index (χ4v) is 5.91. The zero-order valence-corrected chi connectivity index (χ0v) is 24.3. The monoisotopic (exact) mass is 591 g/mol. The van der Waals surface area contributed by atoms with Crippen LogP contribution in [0.15, 0.2) is 77.7 Å². The Balaban J connectivity index is 2.13. The molecule has 0 spiro atoms. The third kappa shape index (κ3) is 7.23. The molecule has 0 fully saturated rings. The molecule has 3 aromatic carbocycles. The van der Waals surface area contributed by atoms with Crippen molar-refractivity contribution >= 4 is 50.7 Å². The lowest BCUT2D eigenvalue weighted by Gasteiger charge is -2.33. The predicted molar refractivity (Wildman–Crippen MR) is 154 cm³/mol. The van der Waals surface area contributed by atoms with Gasteiger partial charge >= 0.3 is 0 Å². The Kier molecular flexibility index (Phi) is 10.6. The molecule has 39 heavy (non-hydrogen) atoms. The van der Waals surface area contributed by atoms with Crippen molar-refractivity contribution in [1.29, 1.82) is 0 Å². The molecule has 3 rings (SSSR count). The highest BCUT2D eigenvalue weighted by atomic mass is 35.5. The molecular weight excluding hydrogens is 561 g/mol. The minimum Gasteiger partial charge on any atom is -0.495 e. The van der Waals surface area contributed by atoms with E-state index in [1.54, 1.807) is 62.4 Å². The predicted octanol–water partition coefficient (Wildman–Crippen LogP) is 5.14. The molecule has 0 aliphatic heterocycles. The van der Waals surface area contributed by atoms with Crippen LogP contribution in [0, 0.1) is 0 Å². The van der Waals surface area contributed by atoms with E-state index >= 15 is 0 Å². The third-order valence-corrected chi connectivity index (χ3v) is 8.43. The number of nitrogens with zero attached hydrogens (tertiary/aromatic N) is 2. The average Bonchev–Trinajstić information content (AvgIpc) is 2.93. The van der Waals surface area contributed by atoms with Gasteiger partial charge in [-0.3, -0.25) is 13.9 Å². The summed E-state index contributed by atoms with van der Waals surface area (Å²) in [6.07, 6.45) is 0.300. The van der Waals surface area contributed by atoms with Gasteiger partial charge in [-0.05, 0) is 55.3 Å². The molecule has 0 radical (unpaired) electrons. The summed E-state index contributed by atoms with van der Waals surface area (Å²) in [7, 11) is -2.86. The van der Waals surface area contributed by atoms with Crippen LogP contribution in [0.4, 0.5) is 5.69 Å². The molecule has 11 heteroatoms. The number of rotatable bonds is 12. The summed E-state index contributed by atoms with van der Waals surface area (Å²) >= 11 is 12.6. The zero-order chi connectivity index (χ0) is 28.6. The lowest BCUT2D eigenvalue weighted by molar-refractivity contribution is -0.140. The Morgan fingerprint density at radius 1 is 0.974 bits per heavy atom. The zero-order valence-electron chi connectivity index (χ0n) is 21.9. The topological polar surface area (TPSA) is 96.0 Å². The summed E-state index contributed by atoms with van der Waals surface area (Å²) in [5.74, 6) is -0.743. The number of carbonyl (C=O) groups excluding carboxylic acids is 2. The van der Waals surface area contributed by atoms with Crippen LogP contribution in [0.3, 0.4) is 0 Å². The van der Waals surface area contributed by atoms with E-state index in [0.717, 1.165) is 4.31 Å². The molecule has 8 nitrogen and oxygen atoms in total. The number of halogens is 2. The number of amides is 2. The summed E-state index contributed by atoms with van der Waals surface area (Å²) in [5, 5.41) is 3.44. The average molecular weight is 593 g/mol. The highest BCUT2D eigenvalue weighted by Crippen LogP contribution is 2.35. The van der Waals surface area contributed by atoms with Crippen molar-refractivity contribution in [3.05, 3.63) is 88.4 Å². The van der Waals surface area contributed by atoms with Crippen LogP contribution in [-0.2, 0) is 26.2 Å². The number of carbonyl (C=O) groups is 2. The molecule has 1 N–H and O–H groups in total. The fourth-order valence-electron chi connectivity index (χ4n) is 4.11. The first kappa shape index (κ1) is 30.3. The Hall–Kier alpha value is -3.27. The lowest BCUT2D eigenvalue weighted by atomic mass is 10.1. The maximum absolute atomic E-state index is 14.0. The van der Waals surface area contributed by atoms with Gasteiger partial charge in [-0.2, -0.15) is 0 Å². The van der Waals surface area contributed by atoms with E-state index in [1.807, 2.05) is 0 Å². The van der Waals surface area contributed by atoms with Crippen molar-refractivity contribution in [3.8, 4) is 5.75 Å². The number of benzene rings is 3. The van der Waals surface area contributed by atoms with E-state index in [2.05, 4.69) is 5.32 Å². The highest BCUT2D eigenvalue weighted by Gasteiger charge is 2.35. The molecule has 2 amide bonds. The largest absolute Gasteiger partial charge is 0.495 e. The van der Waals surface area contributed by atoms with Crippen LogP contribution in [-0.4, -0.2) is 51.4 Å². The summed E-state index contributed by atoms with van der Waals surface area (Å²) in [4.78, 5) is 28.4. The van der Waals surface area contributed by atoms with Crippen molar-refractivity contribution in [3.63, 3.8) is 0 Å². The number of ether oxygens (including phenoxy) is 1. The van der Waals surface area contributed by atoms with Crippen molar-refractivity contribution < 1.29 is 22.7 Å². The second kappa shape index (κ2) is 13.7. The van der Waals surface area contributed by atoms with Gasteiger partial charge in [0.05, 0.1) is 17.7 Å². The summed E-state index contributed by atoms with van der Waals surface area (Å²) < 4.78 is 34.2. The van der Waals surface area contributed by atoms with E-state index in [-0.39, 0.29) is 33.8 Å². The van der Waals surface area contributed by atoms with Gasteiger partial charge < -0.3 is 15.0 Å². The second-order valence-electron chi connectivity index (χ2n) is 8.57. The van der Waals surface area contributed by atoms with E-state index in [4.69, 9.17) is 27.9 Å². The van der Waals surface area contributed by atoms with Gasteiger partial charge in [-0.25, -0.2) is 8.42 Å². The number of hydrogen-bond donors (Lipinski definition) is 1. The van der Waals surface area contributed by atoms with Crippen molar-refractivity contribution in [2.75, 3.05) is 24.5 Å². The van der Waals surface area contributed by atoms with Crippen molar-refractivity contribution in [1.82, 2.24) is 10.2 Å². The van der Waals surface area contributed by atoms with Gasteiger partial charge in [0.1, 0.15) is 18.3 Å². The lowest BCUT2D eigenvalue weighted by Crippen LogP contribution is -2.52. The van der Waals surface area contributed by atoms with Gasteiger partial charge in [0.15, 0.2) is 0 Å². The van der Waals surface area contributed by atoms with Crippen LogP contribution in [0.2, 0.25) is 10.0 Å². The van der Waals surface area contributed by atoms with Crippen LogP contribution >= 0.6 is 23.2 Å². The van der Waals surface area contributed by atoms with E-state index in [1.165, 1.54) is 36.3 Å². The number of likely N-dealkylation sites (N-methyl/N-ethyl adjacent to an activating group) is 1. The van der Waals surface area contributed by atoms with Crippen molar-refractivity contribution in [2.45, 2.75) is 37.8 Å². The first-order valence-electron chi connectivity index (χ1n) is 12.4. The standard InChI is InChI=1S/C28H31Cl2N3O5S/c1-4-24(28(35)31-5-2)32(18-20-11-9-10-14-23(20)30)27(34)19-33(25-17-21(29)15-16-26(25)38-3)39(36,37)22-12-7-6-8-13-22/h6-17,24H,4-5,18-19H2,1-3H3,(H,31,35)/t24-/m1/s1. The van der Waals surface area contributed by atoms with Gasteiger partial charge in [0.2, 0.25) is 11.8 Å². The number of methoxy groups -OCH3 is 1. The van der Waals surface area contributed by atoms with E-state index in [9.17, 15) is 18.0 Å². The maximum Gasteiger partial charge on any atom is 0.264 e. The molecule has 0 saturated carbocycles. The molecule has 1 atom stereocenters. The normalized spacial score (nSPS) is 11.9. The van der Waals surface area contributed by atoms with Gasteiger partial charge in [0, 0.05) is 23.1 Å². The molecule has 0 heterocycles. The van der Waals surface area contributed by atoms with Gasteiger partial charge in [0.25, 0.3) is 10.0 Å². The SMILES string of the molecule is CCNC(=O)[C@@H](CC)N(Cc1ccccc1Cl)C(=O)CN(c1cc(Cl)ccc1OC)S(=O)(=O)c1ccccc1. The highest BCUT2D eigenvalue weighted by molar-refractivity contribution is 7.92. The molecule has 0 aliphatic rings. The summed E-state index contributed by atoms with van der Waals surface area (Å²) in [6, 6.07) is 18.4. The van der Waals surface area contributed by atoms with Crippen LogP contribution in [0.5, 0.6) is 5.75 Å². The van der Waals surface area contributed by atoms with E-state index in [0.29, 0.717) is 23.6 Å². The van der Waals surface area contributed by atoms with Crippen LogP contribution in [0.25, 0.3) is 0 Å². The summed E-state index contributed by atoms with van der Waals surface area (Å²) in [5.41, 5.74) is 0.707. The van der Waals surface area contributed by atoms with Crippen LogP contribution < -0.4 is 14.4 Å². The summed E-state index contributed by atoms with van der Waals surface area (Å²) in [6.45, 7) is 3.32. The Morgan fingerprint density at radius 2 is 1.64 bits per heavy atom. The molecular formula is C28H31Cl2N3O5S. The quantitative estimate of drug-likeness (QED) is 0.314. The van der Waals surface area contributed by atoms with Gasteiger partial charge in [-0.1, -0.05) is 66.5 Å². The Bertz CT molecular complexity index is 1400. The molecule has 0 unspecified atom stereocenters. The van der Waals surface area contributed by atoms with Gasteiger partial charge in [-0.15, -0.1) is 0 Å². The molecule has 0 aliphatic carbocycles. The Morgan fingerprint density at radius 3 is 2.26 bits per heavy atom. The first-order chi connectivity index (χ1) is 18.6. The molecule has 0 aromatic heterocycles. The third-order valence-electron chi connectivity index (χ3n) is 6.06. The molecule has 3 aromatic rings. The minimum atomic E-state index is -4.26. The minimum absolute atomic E-state index is 0.0000526. The number of nitrogens with one attached hydrogen (secondary N) is 1. The first-order valence-corrected chi connectivity index (χ1v) is 14.6. The second-order valence-corrected chi connectivity index (χ2v) is 11.3. The fraction of sp³-hybridized carbons (Fsp3) is 0.286.